The SMILES string of the molecule is O=C(CCN1c2ccccc2Sc2ccccc21)N1CCCC1c1nc(C2CCOCC2)no1. The lowest BCUT2D eigenvalue weighted by molar-refractivity contribution is -0.132. The van der Waals surface area contributed by atoms with Crippen LogP contribution in [0.3, 0.4) is 0 Å². The quantitative estimate of drug-likeness (QED) is 0.493. The predicted octanol–water partition coefficient (Wildman–Crippen LogP) is 5.32. The van der Waals surface area contributed by atoms with Gasteiger partial charge in [0.05, 0.1) is 11.4 Å². The standard InChI is InChI=1S/C26H28N4O3S/c31-24(11-15-29-19-6-1-3-9-22(19)34-23-10-4-2-7-20(23)29)30-14-5-8-21(30)26-27-25(28-33-26)18-12-16-32-17-13-18/h1-4,6-7,9-10,18,21H,5,8,11-17H2. The Kier molecular flexibility index (Phi) is 6.01. The molecule has 2 saturated heterocycles. The van der Waals surface area contributed by atoms with E-state index >= 15 is 0 Å². The van der Waals surface area contributed by atoms with Gasteiger partial charge < -0.3 is 19.1 Å². The molecule has 1 amide bonds. The Morgan fingerprint density at radius 2 is 1.71 bits per heavy atom. The first kappa shape index (κ1) is 21.7. The summed E-state index contributed by atoms with van der Waals surface area (Å²) in [6.45, 7) is 2.85. The maximum Gasteiger partial charge on any atom is 0.249 e. The summed E-state index contributed by atoms with van der Waals surface area (Å²) in [5.41, 5.74) is 2.32. The van der Waals surface area contributed by atoms with Crippen molar-refractivity contribution in [3.63, 3.8) is 0 Å². The molecular weight excluding hydrogens is 448 g/mol. The van der Waals surface area contributed by atoms with E-state index in [0.717, 1.165) is 62.6 Å². The van der Waals surface area contributed by atoms with Crippen molar-refractivity contribution in [1.29, 1.82) is 0 Å². The average molecular weight is 477 g/mol. The number of carbonyl (C=O) groups excluding carboxylic acids is 1. The number of hydrogen-bond acceptors (Lipinski definition) is 7. The first-order chi connectivity index (χ1) is 16.8. The van der Waals surface area contributed by atoms with Crippen LogP contribution in [0.2, 0.25) is 0 Å². The number of nitrogens with zero attached hydrogens (tertiary/aromatic N) is 4. The molecule has 0 saturated carbocycles. The number of carbonyl (C=O) groups is 1. The highest BCUT2D eigenvalue weighted by Crippen LogP contribution is 2.47. The molecule has 34 heavy (non-hydrogen) atoms. The van der Waals surface area contributed by atoms with Crippen molar-refractivity contribution >= 4 is 29.0 Å². The van der Waals surface area contributed by atoms with Crippen molar-refractivity contribution in [2.24, 2.45) is 0 Å². The molecule has 2 fully saturated rings. The average Bonchev–Trinajstić information content (AvgIpc) is 3.57. The van der Waals surface area contributed by atoms with Gasteiger partial charge in [-0.2, -0.15) is 4.98 Å². The molecule has 6 rings (SSSR count). The maximum absolute atomic E-state index is 13.4. The van der Waals surface area contributed by atoms with Crippen molar-refractivity contribution in [2.75, 3.05) is 31.2 Å². The summed E-state index contributed by atoms with van der Waals surface area (Å²) >= 11 is 1.78. The Morgan fingerprint density at radius 1 is 1.00 bits per heavy atom. The number of benzene rings is 2. The summed E-state index contributed by atoms with van der Waals surface area (Å²) in [5.74, 6) is 1.77. The highest BCUT2D eigenvalue weighted by atomic mass is 32.2. The number of ether oxygens (including phenoxy) is 1. The van der Waals surface area contributed by atoms with Crippen LogP contribution in [-0.4, -0.2) is 47.3 Å². The maximum atomic E-state index is 13.4. The minimum Gasteiger partial charge on any atom is -0.381 e. The van der Waals surface area contributed by atoms with E-state index in [1.165, 1.54) is 9.79 Å². The number of rotatable bonds is 5. The van der Waals surface area contributed by atoms with Gasteiger partial charge in [0.25, 0.3) is 0 Å². The molecule has 2 aromatic carbocycles. The lowest BCUT2D eigenvalue weighted by atomic mass is 10.00. The molecule has 3 aliphatic heterocycles. The second-order valence-corrected chi connectivity index (χ2v) is 10.1. The lowest BCUT2D eigenvalue weighted by Gasteiger charge is -2.33. The van der Waals surface area contributed by atoms with Crippen molar-refractivity contribution in [3.05, 3.63) is 60.2 Å². The van der Waals surface area contributed by atoms with E-state index < -0.39 is 0 Å². The molecule has 1 unspecified atom stereocenters. The van der Waals surface area contributed by atoms with Gasteiger partial charge in [0, 0.05) is 48.4 Å². The van der Waals surface area contributed by atoms with Gasteiger partial charge in [-0.1, -0.05) is 41.2 Å². The molecule has 0 radical (unpaired) electrons. The number of amides is 1. The summed E-state index contributed by atoms with van der Waals surface area (Å²) in [5, 5.41) is 4.26. The zero-order chi connectivity index (χ0) is 22.9. The minimum absolute atomic E-state index is 0.120. The van der Waals surface area contributed by atoms with Crippen LogP contribution in [0.5, 0.6) is 0 Å². The van der Waals surface area contributed by atoms with Crippen molar-refractivity contribution in [3.8, 4) is 0 Å². The van der Waals surface area contributed by atoms with Crippen molar-refractivity contribution < 1.29 is 14.1 Å². The Labute approximate surface area is 203 Å². The number of para-hydroxylation sites is 2. The van der Waals surface area contributed by atoms with E-state index in [2.05, 4.69) is 58.6 Å². The van der Waals surface area contributed by atoms with Crippen LogP contribution in [0.25, 0.3) is 0 Å². The molecular formula is C26H28N4O3S. The van der Waals surface area contributed by atoms with Crippen LogP contribution < -0.4 is 4.90 Å². The topological polar surface area (TPSA) is 71.7 Å². The third-order valence-electron chi connectivity index (χ3n) is 6.98. The minimum atomic E-state index is -0.120. The van der Waals surface area contributed by atoms with E-state index in [1.54, 1.807) is 11.8 Å². The lowest BCUT2D eigenvalue weighted by Crippen LogP contribution is -2.34. The third-order valence-corrected chi connectivity index (χ3v) is 8.11. The van der Waals surface area contributed by atoms with Gasteiger partial charge in [0.1, 0.15) is 6.04 Å². The Hall–Kier alpha value is -2.84. The van der Waals surface area contributed by atoms with Crippen LogP contribution >= 0.6 is 11.8 Å². The van der Waals surface area contributed by atoms with Crippen LogP contribution in [0, 0.1) is 0 Å². The second kappa shape index (κ2) is 9.43. The van der Waals surface area contributed by atoms with Gasteiger partial charge >= 0.3 is 0 Å². The molecule has 7 nitrogen and oxygen atoms in total. The Bertz CT molecular complexity index is 1130. The van der Waals surface area contributed by atoms with E-state index in [-0.39, 0.29) is 17.9 Å². The van der Waals surface area contributed by atoms with Gasteiger partial charge in [0.2, 0.25) is 11.8 Å². The van der Waals surface area contributed by atoms with Gasteiger partial charge in [-0.3, -0.25) is 4.79 Å². The van der Waals surface area contributed by atoms with Crippen LogP contribution in [0.15, 0.2) is 62.8 Å². The second-order valence-electron chi connectivity index (χ2n) is 9.06. The van der Waals surface area contributed by atoms with Crippen LogP contribution in [-0.2, 0) is 9.53 Å². The third kappa shape index (κ3) is 4.09. The monoisotopic (exact) mass is 476 g/mol. The van der Waals surface area contributed by atoms with Crippen molar-refractivity contribution in [2.45, 2.75) is 53.9 Å². The molecule has 0 aliphatic carbocycles. The van der Waals surface area contributed by atoms with Gasteiger partial charge in [0.15, 0.2) is 5.82 Å². The molecule has 1 aromatic heterocycles. The fraction of sp³-hybridized carbons (Fsp3) is 0.423. The normalized spacial score (nSPS) is 20.3. The van der Waals surface area contributed by atoms with Crippen molar-refractivity contribution in [1.82, 2.24) is 15.0 Å². The number of hydrogen-bond donors (Lipinski definition) is 0. The van der Waals surface area contributed by atoms with E-state index in [4.69, 9.17) is 14.2 Å². The summed E-state index contributed by atoms with van der Waals surface area (Å²) in [6, 6.07) is 16.7. The number of likely N-dealkylation sites (tertiary alicyclic amines) is 1. The zero-order valence-corrected chi connectivity index (χ0v) is 19.9. The molecule has 1 atom stereocenters. The Morgan fingerprint density at radius 3 is 2.44 bits per heavy atom. The number of fused-ring (bicyclic) bond motifs is 2. The largest absolute Gasteiger partial charge is 0.381 e. The highest BCUT2D eigenvalue weighted by molar-refractivity contribution is 7.99. The smallest absolute Gasteiger partial charge is 0.249 e. The van der Waals surface area contributed by atoms with E-state index in [9.17, 15) is 4.79 Å². The first-order valence-corrected chi connectivity index (χ1v) is 12.9. The molecule has 0 N–H and O–H groups in total. The van der Waals surface area contributed by atoms with Crippen LogP contribution in [0.1, 0.15) is 55.8 Å². The Balaban J connectivity index is 1.17. The highest BCUT2D eigenvalue weighted by Gasteiger charge is 2.35. The fourth-order valence-electron chi connectivity index (χ4n) is 5.20. The van der Waals surface area contributed by atoms with Gasteiger partial charge in [-0.15, -0.1) is 0 Å². The first-order valence-electron chi connectivity index (χ1n) is 12.1. The zero-order valence-electron chi connectivity index (χ0n) is 19.1. The summed E-state index contributed by atoms with van der Waals surface area (Å²) in [4.78, 5) is 24.8. The molecule has 4 heterocycles. The van der Waals surface area contributed by atoms with E-state index in [1.807, 2.05) is 4.90 Å². The molecule has 176 valence electrons. The molecule has 3 aromatic rings. The fourth-order valence-corrected chi connectivity index (χ4v) is 6.30. The molecule has 0 bridgehead atoms. The van der Waals surface area contributed by atoms with Gasteiger partial charge in [-0.25, -0.2) is 0 Å². The van der Waals surface area contributed by atoms with E-state index in [0.29, 0.717) is 18.9 Å². The van der Waals surface area contributed by atoms with Crippen LogP contribution in [0.4, 0.5) is 11.4 Å². The predicted molar refractivity (Wildman–Crippen MR) is 129 cm³/mol. The molecule has 8 heteroatoms. The molecule has 0 spiro atoms. The molecule has 3 aliphatic rings. The summed E-state index contributed by atoms with van der Waals surface area (Å²) < 4.78 is 11.1. The number of aromatic nitrogens is 2. The summed E-state index contributed by atoms with van der Waals surface area (Å²) in [7, 11) is 0. The number of anilines is 2. The summed E-state index contributed by atoms with van der Waals surface area (Å²) in [6.07, 6.45) is 4.10. The van der Waals surface area contributed by atoms with Gasteiger partial charge in [-0.05, 0) is 49.9 Å².